The van der Waals surface area contributed by atoms with Gasteiger partial charge in [-0.05, 0) is 19.8 Å². The van der Waals surface area contributed by atoms with Gasteiger partial charge in [-0.15, -0.1) is 0 Å². The van der Waals surface area contributed by atoms with Crippen molar-refractivity contribution in [3.05, 3.63) is 0 Å². The number of carbonyl (C=O) groups excluding carboxylic acids is 1. The maximum atomic E-state index is 12.7. The van der Waals surface area contributed by atoms with Crippen LogP contribution in [0.3, 0.4) is 0 Å². The van der Waals surface area contributed by atoms with Crippen LogP contribution in [0.4, 0.5) is 13.2 Å². The molecule has 1 saturated carbocycles. The molecule has 0 aromatic carbocycles. The lowest BCUT2D eigenvalue weighted by Gasteiger charge is -2.48. The van der Waals surface area contributed by atoms with Gasteiger partial charge in [0.05, 0.1) is 5.54 Å². The average molecular weight is 311 g/mol. The molecule has 0 aromatic rings. The molecule has 21 heavy (non-hydrogen) atoms. The van der Waals surface area contributed by atoms with Crippen LogP contribution in [0, 0.1) is 0 Å². The molecule has 0 unspecified atom stereocenters. The van der Waals surface area contributed by atoms with Crippen molar-refractivity contribution >= 4 is 5.91 Å². The summed E-state index contributed by atoms with van der Waals surface area (Å²) in [4.78, 5) is 11.5. The Morgan fingerprint density at radius 3 is 1.81 bits per heavy atom. The zero-order chi connectivity index (χ0) is 16.1. The van der Waals surface area contributed by atoms with Gasteiger partial charge in [0.15, 0.2) is 5.79 Å². The summed E-state index contributed by atoms with van der Waals surface area (Å²) in [6.07, 6.45) is 0.221. The molecule has 7 heteroatoms. The number of ether oxygens (including phenoxy) is 2. The van der Waals surface area contributed by atoms with Crippen molar-refractivity contribution in [1.82, 2.24) is 5.32 Å². The molecule has 124 valence electrons. The smallest absolute Gasteiger partial charge is 0.351 e. The fourth-order valence-corrected chi connectivity index (χ4v) is 2.96. The minimum Gasteiger partial charge on any atom is -0.351 e. The zero-order valence-corrected chi connectivity index (χ0v) is 12.8. The molecule has 0 radical (unpaired) electrons. The first-order valence-corrected chi connectivity index (χ1v) is 7.20. The van der Waals surface area contributed by atoms with Crippen molar-refractivity contribution in [2.75, 3.05) is 14.2 Å². The summed E-state index contributed by atoms with van der Waals surface area (Å²) in [5.74, 6) is -3.24. The first-order chi connectivity index (χ1) is 9.71. The predicted molar refractivity (Wildman–Crippen MR) is 71.7 cm³/mol. The average Bonchev–Trinajstić information content (AvgIpc) is 2.39. The molecule has 0 aromatic heterocycles. The van der Waals surface area contributed by atoms with Crippen LogP contribution in [0.15, 0.2) is 0 Å². The van der Waals surface area contributed by atoms with E-state index in [1.54, 1.807) is 6.92 Å². The highest BCUT2D eigenvalue weighted by Crippen LogP contribution is 2.38. The van der Waals surface area contributed by atoms with Crippen molar-refractivity contribution in [3.8, 4) is 0 Å². The van der Waals surface area contributed by atoms with E-state index in [1.165, 1.54) is 14.2 Å². The fourth-order valence-electron chi connectivity index (χ4n) is 2.96. The third kappa shape index (κ3) is 4.10. The summed E-state index contributed by atoms with van der Waals surface area (Å²) in [6, 6.07) is 0. The van der Waals surface area contributed by atoms with Crippen molar-refractivity contribution in [2.45, 2.75) is 69.4 Å². The van der Waals surface area contributed by atoms with Crippen LogP contribution in [0.5, 0.6) is 0 Å². The van der Waals surface area contributed by atoms with Crippen LogP contribution in [-0.2, 0) is 14.3 Å². The normalized spacial score (nSPS) is 20.5. The van der Waals surface area contributed by atoms with Gasteiger partial charge in [0, 0.05) is 14.2 Å². The van der Waals surface area contributed by atoms with E-state index in [-0.39, 0.29) is 0 Å². The Bertz CT molecular complexity index is 346. The maximum Gasteiger partial charge on any atom is 0.471 e. The second kappa shape index (κ2) is 6.96. The monoisotopic (exact) mass is 311 g/mol. The van der Waals surface area contributed by atoms with Crippen molar-refractivity contribution in [1.29, 1.82) is 0 Å². The molecule has 0 spiro atoms. The number of hydrogen-bond acceptors (Lipinski definition) is 3. The maximum absolute atomic E-state index is 12.7. The highest BCUT2D eigenvalue weighted by atomic mass is 19.4. The third-order valence-corrected chi connectivity index (χ3v) is 4.47. The lowest BCUT2D eigenvalue weighted by Crippen LogP contribution is -2.66. The van der Waals surface area contributed by atoms with Crippen molar-refractivity contribution < 1.29 is 27.4 Å². The molecule has 0 bridgehead atoms. The highest BCUT2D eigenvalue weighted by Gasteiger charge is 2.53. The molecule has 1 aliphatic carbocycles. The van der Waals surface area contributed by atoms with E-state index < -0.39 is 23.4 Å². The van der Waals surface area contributed by atoms with E-state index in [1.807, 2.05) is 0 Å². The minimum atomic E-state index is -4.92. The molecular weight excluding hydrogens is 287 g/mol. The summed E-state index contributed by atoms with van der Waals surface area (Å²) in [5, 5.41) is 2.17. The van der Waals surface area contributed by atoms with Crippen LogP contribution < -0.4 is 5.32 Å². The molecular formula is C14H24F3NO3. The molecule has 0 saturated heterocycles. The molecule has 1 fully saturated rings. The van der Waals surface area contributed by atoms with Crippen LogP contribution >= 0.6 is 0 Å². The highest BCUT2D eigenvalue weighted by molar-refractivity contribution is 5.82. The lowest BCUT2D eigenvalue weighted by atomic mass is 9.77. The number of halogens is 3. The van der Waals surface area contributed by atoms with Crippen LogP contribution in [0.25, 0.3) is 0 Å². The van der Waals surface area contributed by atoms with E-state index in [0.717, 1.165) is 32.1 Å². The summed E-state index contributed by atoms with van der Waals surface area (Å²) < 4.78 is 48.6. The first-order valence-electron chi connectivity index (χ1n) is 7.20. The number of nitrogens with one attached hydrogen (secondary N) is 1. The molecule has 1 N–H and O–H groups in total. The van der Waals surface area contributed by atoms with E-state index in [4.69, 9.17) is 9.47 Å². The molecule has 4 nitrogen and oxygen atoms in total. The Morgan fingerprint density at radius 2 is 1.43 bits per heavy atom. The van der Waals surface area contributed by atoms with Crippen molar-refractivity contribution in [2.24, 2.45) is 0 Å². The molecule has 0 heterocycles. The van der Waals surface area contributed by atoms with Crippen LogP contribution in [-0.4, -0.2) is 37.6 Å². The van der Waals surface area contributed by atoms with E-state index in [2.05, 4.69) is 5.32 Å². The van der Waals surface area contributed by atoms with E-state index in [9.17, 15) is 18.0 Å². The molecule has 1 rings (SSSR count). The van der Waals surface area contributed by atoms with Gasteiger partial charge in [0.1, 0.15) is 0 Å². The second-order valence-corrected chi connectivity index (χ2v) is 5.66. The van der Waals surface area contributed by atoms with Crippen LogP contribution in [0.2, 0.25) is 0 Å². The SMILES string of the molecule is COC(C)(OC)C1(NC(=O)C(F)(F)F)CCCCCCC1. The zero-order valence-electron chi connectivity index (χ0n) is 12.8. The summed E-state index contributed by atoms with van der Waals surface area (Å²) in [7, 11) is 2.76. The predicted octanol–water partition coefficient (Wildman–Crippen LogP) is 3.16. The van der Waals surface area contributed by atoms with E-state index >= 15 is 0 Å². The molecule has 1 aliphatic rings. The minimum absolute atomic E-state index is 0.396. The number of amides is 1. The Kier molecular flexibility index (Phi) is 6.04. The van der Waals surface area contributed by atoms with Gasteiger partial charge in [-0.2, -0.15) is 13.2 Å². The number of rotatable bonds is 4. The van der Waals surface area contributed by atoms with Gasteiger partial charge >= 0.3 is 12.1 Å². The Hall–Kier alpha value is -0.820. The number of alkyl halides is 3. The summed E-state index contributed by atoms with van der Waals surface area (Å²) in [5.41, 5.74) is -1.18. The standard InChI is InChI=1S/C14H24F3NO3/c1-12(20-2,21-3)13(18-11(19)14(15,16)17)9-7-5-4-6-8-10-13/h4-10H2,1-3H3,(H,18,19). The molecule has 0 aliphatic heterocycles. The Balaban J connectivity index is 3.10. The summed E-state index contributed by atoms with van der Waals surface area (Å²) >= 11 is 0. The first kappa shape index (κ1) is 18.2. The number of methoxy groups -OCH3 is 2. The quantitative estimate of drug-likeness (QED) is 0.811. The fraction of sp³-hybridized carbons (Fsp3) is 0.929. The van der Waals surface area contributed by atoms with Crippen LogP contribution in [0.1, 0.15) is 51.9 Å². The van der Waals surface area contributed by atoms with E-state index in [0.29, 0.717) is 12.8 Å². The summed E-state index contributed by atoms with van der Waals surface area (Å²) in [6.45, 7) is 1.57. The molecule has 1 amide bonds. The van der Waals surface area contributed by atoms with Gasteiger partial charge in [0.25, 0.3) is 0 Å². The van der Waals surface area contributed by atoms with Gasteiger partial charge in [-0.1, -0.05) is 32.1 Å². The Labute approximate surface area is 123 Å². The van der Waals surface area contributed by atoms with Gasteiger partial charge < -0.3 is 14.8 Å². The largest absolute Gasteiger partial charge is 0.471 e. The van der Waals surface area contributed by atoms with Gasteiger partial charge in [0.2, 0.25) is 0 Å². The van der Waals surface area contributed by atoms with Gasteiger partial charge in [-0.25, -0.2) is 0 Å². The lowest BCUT2D eigenvalue weighted by molar-refractivity contribution is -0.250. The molecule has 0 atom stereocenters. The third-order valence-electron chi connectivity index (χ3n) is 4.47. The topological polar surface area (TPSA) is 47.6 Å². The number of hydrogen-bond donors (Lipinski definition) is 1. The van der Waals surface area contributed by atoms with Crippen molar-refractivity contribution in [3.63, 3.8) is 0 Å². The number of carbonyl (C=O) groups is 1. The van der Waals surface area contributed by atoms with Gasteiger partial charge in [-0.3, -0.25) is 4.79 Å². The second-order valence-electron chi connectivity index (χ2n) is 5.66. The Morgan fingerprint density at radius 1 is 1.00 bits per heavy atom.